The lowest BCUT2D eigenvalue weighted by molar-refractivity contribution is -0.908. The first-order valence-corrected chi connectivity index (χ1v) is 8.29. The van der Waals surface area contributed by atoms with E-state index >= 15 is 0 Å². The fourth-order valence-corrected chi connectivity index (χ4v) is 3.86. The molecule has 25 heavy (non-hydrogen) atoms. The molecule has 2 aliphatic rings. The molecule has 0 bridgehead atoms. The van der Waals surface area contributed by atoms with E-state index in [-0.39, 0.29) is 23.0 Å². The van der Waals surface area contributed by atoms with Crippen LogP contribution in [0.25, 0.3) is 0 Å². The van der Waals surface area contributed by atoms with Crippen LogP contribution in [-0.2, 0) is 6.42 Å². The van der Waals surface area contributed by atoms with Crippen molar-refractivity contribution in [2.45, 2.75) is 12.5 Å². The van der Waals surface area contributed by atoms with Gasteiger partial charge in [-0.1, -0.05) is 0 Å². The van der Waals surface area contributed by atoms with Crippen LogP contribution < -0.4 is 24.7 Å². The van der Waals surface area contributed by atoms with E-state index in [0.29, 0.717) is 17.2 Å². The van der Waals surface area contributed by atoms with Crippen molar-refractivity contribution < 1.29 is 24.2 Å². The fraction of sp³-hybridized carbons (Fsp3) is 0.375. The maximum absolute atomic E-state index is 12.5. The van der Waals surface area contributed by atoms with Crippen molar-refractivity contribution in [3.63, 3.8) is 0 Å². The van der Waals surface area contributed by atoms with Gasteiger partial charge in [-0.05, 0) is 23.8 Å². The summed E-state index contributed by atoms with van der Waals surface area (Å²) in [6, 6.07) is 1.50. The van der Waals surface area contributed by atoms with E-state index in [4.69, 9.17) is 26.4 Å². The number of hydrogen-bond donors (Lipinski definition) is 4. The first kappa shape index (κ1) is 16.0. The van der Waals surface area contributed by atoms with Gasteiger partial charge in [0.25, 0.3) is 5.56 Å². The molecule has 4 N–H and O–H groups in total. The van der Waals surface area contributed by atoms with Gasteiger partial charge < -0.3 is 29.2 Å². The Morgan fingerprint density at radius 2 is 2.16 bits per heavy atom. The average Bonchev–Trinajstić information content (AvgIpc) is 3.02. The van der Waals surface area contributed by atoms with E-state index in [0.717, 1.165) is 29.0 Å². The van der Waals surface area contributed by atoms with E-state index in [2.05, 4.69) is 9.97 Å². The van der Waals surface area contributed by atoms with Crippen LogP contribution in [0.15, 0.2) is 10.9 Å². The molecular formula is C16H18N3O5S+. The standard InChI is InChI=1S/C16H17N3O5S/c1-19-4-3-7-5-8-12(24-6-23-8)13(22-2)9(7)11(19)10-14(20)17-16(25)18-15(10)21/h5,11H,3-4,6H2,1-2H3,(H3,17,18,20,21,25)/p+1/t11-/m1/s1. The number of nitrogens with one attached hydrogen (secondary N) is 3. The number of aromatic amines is 2. The summed E-state index contributed by atoms with van der Waals surface area (Å²) in [6.45, 7) is 0.918. The molecule has 0 amide bonds. The first-order chi connectivity index (χ1) is 12.0. The van der Waals surface area contributed by atoms with Crippen LogP contribution in [-0.4, -0.2) is 42.6 Å². The third kappa shape index (κ3) is 2.38. The summed E-state index contributed by atoms with van der Waals surface area (Å²) in [7, 11) is 3.53. The molecule has 132 valence electrons. The van der Waals surface area contributed by atoms with E-state index in [1.807, 2.05) is 13.1 Å². The zero-order valence-electron chi connectivity index (χ0n) is 13.8. The third-order valence-corrected chi connectivity index (χ3v) is 4.97. The Bertz CT molecular complexity index is 967. The zero-order valence-corrected chi connectivity index (χ0v) is 14.6. The Labute approximate surface area is 148 Å². The van der Waals surface area contributed by atoms with Crippen LogP contribution >= 0.6 is 12.2 Å². The van der Waals surface area contributed by atoms with E-state index < -0.39 is 11.6 Å². The van der Waals surface area contributed by atoms with E-state index in [9.17, 15) is 9.90 Å². The van der Waals surface area contributed by atoms with Crippen LogP contribution in [0.1, 0.15) is 22.7 Å². The number of H-pyrrole nitrogens is 2. The van der Waals surface area contributed by atoms with Crippen LogP contribution in [0.4, 0.5) is 0 Å². The number of aromatic hydroxyl groups is 1. The average molecular weight is 364 g/mol. The highest BCUT2D eigenvalue weighted by molar-refractivity contribution is 7.71. The number of methoxy groups -OCH3 is 1. The minimum absolute atomic E-state index is 0.0811. The molecule has 0 saturated carbocycles. The Morgan fingerprint density at radius 3 is 2.88 bits per heavy atom. The highest BCUT2D eigenvalue weighted by Gasteiger charge is 2.40. The molecule has 0 saturated heterocycles. The van der Waals surface area contributed by atoms with Crippen molar-refractivity contribution in [3.8, 4) is 23.1 Å². The minimum atomic E-state index is -0.427. The summed E-state index contributed by atoms with van der Waals surface area (Å²) < 4.78 is 16.7. The number of hydrogen-bond acceptors (Lipinski definition) is 6. The minimum Gasteiger partial charge on any atom is -0.494 e. The lowest BCUT2D eigenvalue weighted by Gasteiger charge is -2.32. The van der Waals surface area contributed by atoms with E-state index in [1.165, 1.54) is 0 Å². The van der Waals surface area contributed by atoms with Gasteiger partial charge in [0.15, 0.2) is 22.3 Å². The van der Waals surface area contributed by atoms with Gasteiger partial charge in [0.1, 0.15) is 5.56 Å². The predicted molar refractivity (Wildman–Crippen MR) is 90.3 cm³/mol. The Hall–Kier alpha value is -2.52. The SMILES string of the molecule is COc1c2c(cc3c1[C@H](c1c(O)[nH]c(=S)[nH]c1=O)[NH+](C)CC3)OCO2. The van der Waals surface area contributed by atoms with Gasteiger partial charge in [-0.15, -0.1) is 0 Å². The molecule has 8 nitrogen and oxygen atoms in total. The third-order valence-electron chi connectivity index (χ3n) is 4.77. The van der Waals surface area contributed by atoms with Crippen molar-refractivity contribution in [2.75, 3.05) is 27.5 Å². The van der Waals surface area contributed by atoms with Crippen molar-refractivity contribution >= 4 is 12.2 Å². The molecule has 1 unspecified atom stereocenters. The van der Waals surface area contributed by atoms with Gasteiger partial charge >= 0.3 is 0 Å². The summed E-state index contributed by atoms with van der Waals surface area (Å²) >= 11 is 4.93. The Balaban J connectivity index is 2.01. The molecule has 0 aliphatic carbocycles. The van der Waals surface area contributed by atoms with Crippen LogP contribution in [0.2, 0.25) is 0 Å². The van der Waals surface area contributed by atoms with Crippen LogP contribution in [0.3, 0.4) is 0 Å². The molecule has 0 radical (unpaired) electrons. The normalized spacial score (nSPS) is 21.0. The first-order valence-electron chi connectivity index (χ1n) is 7.88. The molecule has 2 atom stereocenters. The summed E-state index contributed by atoms with van der Waals surface area (Å²) in [5.41, 5.74) is 1.64. The predicted octanol–water partition coefficient (Wildman–Crippen LogP) is 0.0356. The van der Waals surface area contributed by atoms with Crippen molar-refractivity contribution in [1.82, 2.24) is 9.97 Å². The molecule has 1 aromatic carbocycles. The number of benzene rings is 1. The molecule has 1 aromatic heterocycles. The lowest BCUT2D eigenvalue weighted by atomic mass is 9.87. The highest BCUT2D eigenvalue weighted by atomic mass is 32.1. The number of likely N-dealkylation sites (N-methyl/N-ethyl adjacent to an activating group) is 1. The fourth-order valence-electron chi connectivity index (χ4n) is 3.67. The number of rotatable bonds is 2. The Kier molecular flexibility index (Phi) is 3.69. The maximum atomic E-state index is 12.5. The number of ether oxygens (including phenoxy) is 3. The number of quaternary nitrogens is 1. The van der Waals surface area contributed by atoms with Gasteiger partial charge in [0, 0.05) is 6.42 Å². The number of fused-ring (bicyclic) bond motifs is 2. The second kappa shape index (κ2) is 5.78. The summed E-state index contributed by atoms with van der Waals surface area (Å²) in [5, 5.41) is 10.4. The topological polar surface area (TPSA) is 101 Å². The molecule has 0 spiro atoms. The quantitative estimate of drug-likeness (QED) is 0.561. The van der Waals surface area contributed by atoms with Crippen molar-refractivity contribution in [3.05, 3.63) is 37.9 Å². The van der Waals surface area contributed by atoms with Crippen molar-refractivity contribution in [2.24, 2.45) is 0 Å². The Morgan fingerprint density at radius 1 is 1.36 bits per heavy atom. The second-order valence-electron chi connectivity index (χ2n) is 6.17. The second-order valence-corrected chi connectivity index (χ2v) is 6.57. The molecule has 2 aliphatic heterocycles. The van der Waals surface area contributed by atoms with Gasteiger partial charge in [-0.2, -0.15) is 0 Å². The maximum Gasteiger partial charge on any atom is 0.265 e. The van der Waals surface area contributed by atoms with Crippen LogP contribution in [0, 0.1) is 4.77 Å². The van der Waals surface area contributed by atoms with Gasteiger partial charge in [0.2, 0.25) is 18.4 Å². The van der Waals surface area contributed by atoms with Crippen LogP contribution in [0.5, 0.6) is 23.1 Å². The molecule has 9 heteroatoms. The molecule has 4 rings (SSSR count). The molecule has 2 aromatic rings. The smallest absolute Gasteiger partial charge is 0.265 e. The lowest BCUT2D eigenvalue weighted by Crippen LogP contribution is -3.10. The summed E-state index contributed by atoms with van der Waals surface area (Å²) in [5.74, 6) is 1.47. The molecular weight excluding hydrogens is 346 g/mol. The highest BCUT2D eigenvalue weighted by Crippen LogP contribution is 2.48. The summed E-state index contributed by atoms with van der Waals surface area (Å²) in [4.78, 5) is 18.8. The zero-order chi connectivity index (χ0) is 17.7. The number of aromatic nitrogens is 2. The monoisotopic (exact) mass is 364 g/mol. The van der Waals surface area contributed by atoms with Gasteiger partial charge in [-0.25, -0.2) is 0 Å². The van der Waals surface area contributed by atoms with Crippen molar-refractivity contribution in [1.29, 1.82) is 0 Å². The molecule has 3 heterocycles. The van der Waals surface area contributed by atoms with E-state index in [1.54, 1.807) is 7.11 Å². The molecule has 0 fully saturated rings. The van der Waals surface area contributed by atoms with Gasteiger partial charge in [0.05, 0.1) is 26.3 Å². The summed E-state index contributed by atoms with van der Waals surface area (Å²) in [6.07, 6.45) is 0.798. The largest absolute Gasteiger partial charge is 0.494 e. The van der Waals surface area contributed by atoms with Gasteiger partial charge in [-0.3, -0.25) is 9.78 Å².